The molecule has 1 heterocycles. The van der Waals surface area contributed by atoms with Crippen molar-refractivity contribution in [3.8, 4) is 5.75 Å². The predicted molar refractivity (Wildman–Crippen MR) is 95.2 cm³/mol. The molecule has 0 amide bonds. The highest BCUT2D eigenvalue weighted by Gasteiger charge is 2.15. The summed E-state index contributed by atoms with van der Waals surface area (Å²) in [6.45, 7) is 2.49. The molecule has 5 nitrogen and oxygen atoms in total. The quantitative estimate of drug-likeness (QED) is 0.742. The monoisotopic (exact) mass is 362 g/mol. The van der Waals surface area contributed by atoms with Crippen LogP contribution in [0.15, 0.2) is 59.6 Å². The van der Waals surface area contributed by atoms with Gasteiger partial charge in [-0.05, 0) is 54.1 Å². The smallest absolute Gasteiger partial charge is 0.263 e. The van der Waals surface area contributed by atoms with Crippen molar-refractivity contribution in [2.75, 3.05) is 11.3 Å². The fourth-order valence-corrected chi connectivity index (χ4v) is 3.41. The number of nitrogens with one attached hydrogen (secondary N) is 1. The lowest BCUT2D eigenvalue weighted by molar-refractivity contribution is 0.341. The Hall–Kier alpha value is -2.31. The summed E-state index contributed by atoms with van der Waals surface area (Å²) >= 11 is 5.75. The minimum Gasteiger partial charge on any atom is -0.494 e. The van der Waals surface area contributed by atoms with Crippen LogP contribution in [0.25, 0.3) is 10.8 Å². The number of pyridine rings is 1. The molecule has 2 aromatic carbocycles. The van der Waals surface area contributed by atoms with Crippen LogP contribution in [0.2, 0.25) is 5.02 Å². The average Bonchev–Trinajstić information content (AvgIpc) is 2.56. The molecule has 0 saturated heterocycles. The van der Waals surface area contributed by atoms with Crippen LogP contribution >= 0.6 is 11.6 Å². The van der Waals surface area contributed by atoms with E-state index in [2.05, 4.69) is 9.71 Å². The third-order valence-corrected chi connectivity index (χ3v) is 4.95. The Balaban J connectivity index is 1.92. The van der Waals surface area contributed by atoms with Crippen LogP contribution in [0, 0.1) is 0 Å². The number of nitrogens with zero attached hydrogens (tertiary/aromatic N) is 1. The van der Waals surface area contributed by atoms with E-state index in [0.717, 1.165) is 16.5 Å². The summed E-state index contributed by atoms with van der Waals surface area (Å²) in [4.78, 5) is 4.11. The second-order valence-electron chi connectivity index (χ2n) is 5.07. The molecule has 24 heavy (non-hydrogen) atoms. The maximum atomic E-state index is 12.5. The van der Waals surface area contributed by atoms with E-state index in [0.29, 0.717) is 11.6 Å². The normalized spacial score (nSPS) is 11.4. The van der Waals surface area contributed by atoms with Crippen LogP contribution in [0.1, 0.15) is 6.92 Å². The van der Waals surface area contributed by atoms with Gasteiger partial charge in [0.15, 0.2) is 0 Å². The summed E-state index contributed by atoms with van der Waals surface area (Å²) < 4.78 is 32.9. The minimum atomic E-state index is -3.72. The number of aromatic nitrogens is 1. The number of hydrogen-bond acceptors (Lipinski definition) is 4. The first-order chi connectivity index (χ1) is 11.5. The molecule has 7 heteroatoms. The minimum absolute atomic E-state index is 0.163. The number of benzene rings is 2. The molecule has 3 rings (SSSR count). The van der Waals surface area contributed by atoms with E-state index in [1.807, 2.05) is 25.1 Å². The zero-order valence-electron chi connectivity index (χ0n) is 12.9. The average molecular weight is 363 g/mol. The molecule has 0 aliphatic rings. The van der Waals surface area contributed by atoms with Gasteiger partial charge in [-0.15, -0.1) is 0 Å². The zero-order chi connectivity index (χ0) is 17.2. The summed E-state index contributed by atoms with van der Waals surface area (Å²) in [5, 5.41) is 2.16. The van der Waals surface area contributed by atoms with Crippen LogP contribution in [0.5, 0.6) is 5.75 Å². The fourth-order valence-electron chi connectivity index (χ4n) is 2.26. The molecule has 0 spiro atoms. The molecule has 1 aromatic heterocycles. The van der Waals surface area contributed by atoms with Crippen molar-refractivity contribution in [3.63, 3.8) is 0 Å². The van der Waals surface area contributed by atoms with E-state index < -0.39 is 10.0 Å². The van der Waals surface area contributed by atoms with Crippen molar-refractivity contribution in [2.45, 2.75) is 11.8 Å². The molecule has 0 atom stereocenters. The Bertz CT molecular complexity index is 973. The van der Waals surface area contributed by atoms with Gasteiger partial charge in [0.05, 0.1) is 16.5 Å². The molecule has 3 aromatic rings. The highest BCUT2D eigenvalue weighted by molar-refractivity contribution is 7.92. The Morgan fingerprint density at radius 1 is 1.08 bits per heavy atom. The first-order valence-electron chi connectivity index (χ1n) is 7.29. The maximum Gasteiger partial charge on any atom is 0.263 e. The van der Waals surface area contributed by atoms with Gasteiger partial charge < -0.3 is 4.74 Å². The third kappa shape index (κ3) is 3.60. The first kappa shape index (κ1) is 16.5. The molecular weight excluding hydrogens is 348 g/mol. The first-order valence-corrected chi connectivity index (χ1v) is 9.15. The standard InChI is InChI=1S/C17H15ClN2O3S/c1-2-23-15-6-3-13-10-16(7-4-12(13)9-15)24(21,22)20-17-8-5-14(18)11-19-17/h3-11H,2H2,1H3,(H,19,20). The second kappa shape index (κ2) is 6.67. The summed E-state index contributed by atoms with van der Waals surface area (Å²) in [5.74, 6) is 0.968. The van der Waals surface area contributed by atoms with E-state index in [1.165, 1.54) is 12.3 Å². The van der Waals surface area contributed by atoms with Crippen LogP contribution in [0.3, 0.4) is 0 Å². The van der Waals surface area contributed by atoms with Gasteiger partial charge in [0.25, 0.3) is 10.0 Å². The molecule has 1 N–H and O–H groups in total. The summed E-state index contributed by atoms with van der Waals surface area (Å²) in [5.41, 5.74) is 0. The Labute approximate surface area is 145 Å². The molecule has 0 unspecified atom stereocenters. The highest BCUT2D eigenvalue weighted by atomic mass is 35.5. The van der Waals surface area contributed by atoms with Crippen molar-refractivity contribution >= 4 is 38.2 Å². The lowest BCUT2D eigenvalue weighted by atomic mass is 10.1. The van der Waals surface area contributed by atoms with Gasteiger partial charge in [-0.1, -0.05) is 23.7 Å². The number of anilines is 1. The molecule has 0 aliphatic carbocycles. The number of rotatable bonds is 5. The van der Waals surface area contributed by atoms with Gasteiger partial charge in [0, 0.05) is 6.20 Å². The van der Waals surface area contributed by atoms with Crippen molar-refractivity contribution in [3.05, 3.63) is 59.8 Å². The summed E-state index contributed by atoms with van der Waals surface area (Å²) in [6.07, 6.45) is 1.38. The number of sulfonamides is 1. The Kier molecular flexibility index (Phi) is 4.59. The second-order valence-corrected chi connectivity index (χ2v) is 7.19. The van der Waals surface area contributed by atoms with E-state index in [9.17, 15) is 8.42 Å². The van der Waals surface area contributed by atoms with Gasteiger partial charge >= 0.3 is 0 Å². The van der Waals surface area contributed by atoms with E-state index in [-0.39, 0.29) is 10.7 Å². The van der Waals surface area contributed by atoms with Crippen molar-refractivity contribution in [1.29, 1.82) is 0 Å². The molecular formula is C17H15ClN2O3S. The topological polar surface area (TPSA) is 68.3 Å². The van der Waals surface area contributed by atoms with Crippen LogP contribution in [0.4, 0.5) is 5.82 Å². The summed E-state index contributed by atoms with van der Waals surface area (Å²) in [7, 11) is -3.72. The van der Waals surface area contributed by atoms with Crippen molar-refractivity contribution < 1.29 is 13.2 Å². The molecule has 0 aliphatic heterocycles. The molecule has 124 valence electrons. The van der Waals surface area contributed by atoms with E-state index in [1.54, 1.807) is 24.3 Å². The highest BCUT2D eigenvalue weighted by Crippen LogP contribution is 2.25. The van der Waals surface area contributed by atoms with E-state index >= 15 is 0 Å². The van der Waals surface area contributed by atoms with Crippen LogP contribution < -0.4 is 9.46 Å². The van der Waals surface area contributed by atoms with Gasteiger partial charge in [0.1, 0.15) is 11.6 Å². The number of fused-ring (bicyclic) bond motifs is 1. The van der Waals surface area contributed by atoms with Gasteiger partial charge in [-0.3, -0.25) is 4.72 Å². The Morgan fingerprint density at radius 2 is 1.83 bits per heavy atom. The number of halogens is 1. The molecule has 0 bridgehead atoms. The van der Waals surface area contributed by atoms with Gasteiger partial charge in [-0.2, -0.15) is 0 Å². The third-order valence-electron chi connectivity index (χ3n) is 3.37. The molecule has 0 radical (unpaired) electrons. The van der Waals surface area contributed by atoms with E-state index in [4.69, 9.17) is 16.3 Å². The Morgan fingerprint density at radius 3 is 2.54 bits per heavy atom. The molecule has 0 saturated carbocycles. The van der Waals surface area contributed by atoms with Crippen molar-refractivity contribution in [1.82, 2.24) is 4.98 Å². The number of hydrogen-bond donors (Lipinski definition) is 1. The van der Waals surface area contributed by atoms with Gasteiger partial charge in [-0.25, -0.2) is 13.4 Å². The fraction of sp³-hybridized carbons (Fsp3) is 0.118. The predicted octanol–water partition coefficient (Wildman–Crippen LogP) is 4.09. The van der Waals surface area contributed by atoms with Crippen LogP contribution in [-0.2, 0) is 10.0 Å². The zero-order valence-corrected chi connectivity index (χ0v) is 14.4. The lowest BCUT2D eigenvalue weighted by Crippen LogP contribution is -2.13. The number of ether oxygens (including phenoxy) is 1. The largest absolute Gasteiger partial charge is 0.494 e. The van der Waals surface area contributed by atoms with Gasteiger partial charge in [0.2, 0.25) is 0 Å². The molecule has 0 fully saturated rings. The maximum absolute atomic E-state index is 12.5. The lowest BCUT2D eigenvalue weighted by Gasteiger charge is -2.09. The summed E-state index contributed by atoms with van der Waals surface area (Å²) in [6, 6.07) is 13.5. The van der Waals surface area contributed by atoms with Crippen molar-refractivity contribution in [2.24, 2.45) is 0 Å². The SMILES string of the molecule is CCOc1ccc2cc(S(=O)(=O)Nc3ccc(Cl)cn3)ccc2c1. The van der Waals surface area contributed by atoms with Crippen LogP contribution in [-0.4, -0.2) is 20.0 Å².